The lowest BCUT2D eigenvalue weighted by molar-refractivity contribution is 0.661. The Morgan fingerprint density at radius 2 is 1.48 bits per heavy atom. The van der Waals surface area contributed by atoms with E-state index in [9.17, 15) is 0 Å². The van der Waals surface area contributed by atoms with Gasteiger partial charge in [0, 0.05) is 16.4 Å². The number of hydrogen-bond donors (Lipinski definition) is 0. The van der Waals surface area contributed by atoms with Crippen LogP contribution in [0, 0.1) is 13.8 Å². The number of benzene rings is 3. The van der Waals surface area contributed by atoms with Gasteiger partial charge < -0.3 is 0 Å². The van der Waals surface area contributed by atoms with Crippen LogP contribution in [0.25, 0.3) is 33.3 Å². The number of aryl methyl sites for hydroxylation is 2. The van der Waals surface area contributed by atoms with Gasteiger partial charge in [0.05, 0.1) is 11.2 Å². The van der Waals surface area contributed by atoms with Gasteiger partial charge in [-0.3, -0.25) is 0 Å². The Labute approximate surface area is 160 Å². The van der Waals surface area contributed by atoms with Crippen molar-refractivity contribution in [3.63, 3.8) is 0 Å². The molecule has 0 N–H and O–H groups in total. The van der Waals surface area contributed by atoms with Crippen LogP contribution in [0.15, 0.2) is 66.7 Å². The highest BCUT2D eigenvalue weighted by atomic mass is 14.7. The molecule has 1 nitrogen and oxygen atoms in total. The predicted molar refractivity (Wildman–Crippen MR) is 114 cm³/mol. The van der Waals surface area contributed by atoms with Crippen molar-refractivity contribution in [1.82, 2.24) is 4.98 Å². The summed E-state index contributed by atoms with van der Waals surface area (Å²) in [5, 5.41) is 1.25. The molecule has 132 valence electrons. The van der Waals surface area contributed by atoms with Gasteiger partial charge in [0.15, 0.2) is 0 Å². The van der Waals surface area contributed by atoms with Gasteiger partial charge in [-0.15, -0.1) is 0 Å². The Morgan fingerprint density at radius 3 is 2.26 bits per heavy atom. The van der Waals surface area contributed by atoms with Crippen molar-refractivity contribution >= 4 is 10.9 Å². The second kappa shape index (κ2) is 5.53. The van der Waals surface area contributed by atoms with E-state index < -0.39 is 0 Å². The summed E-state index contributed by atoms with van der Waals surface area (Å²) in [6.45, 7) is 8.93. The van der Waals surface area contributed by atoms with E-state index in [1.807, 2.05) is 0 Å². The Hall–Kier alpha value is -2.93. The zero-order valence-electron chi connectivity index (χ0n) is 16.3. The molecule has 4 aromatic rings. The lowest BCUT2D eigenvalue weighted by Crippen LogP contribution is -2.14. The summed E-state index contributed by atoms with van der Waals surface area (Å²) in [6, 6.07) is 24.3. The molecule has 0 saturated heterocycles. The highest BCUT2D eigenvalue weighted by Gasteiger charge is 2.36. The third-order valence-corrected chi connectivity index (χ3v) is 5.93. The molecule has 0 atom stereocenters. The molecule has 1 heteroatoms. The Bertz CT molecular complexity index is 1190. The third-order valence-electron chi connectivity index (χ3n) is 5.93. The third kappa shape index (κ3) is 2.35. The van der Waals surface area contributed by atoms with E-state index in [4.69, 9.17) is 4.98 Å². The lowest BCUT2D eigenvalue weighted by Gasteiger charge is -2.21. The number of fused-ring (bicyclic) bond motifs is 5. The van der Waals surface area contributed by atoms with Gasteiger partial charge in [-0.25, -0.2) is 4.98 Å². The van der Waals surface area contributed by atoms with Gasteiger partial charge in [0.2, 0.25) is 0 Å². The summed E-state index contributed by atoms with van der Waals surface area (Å²) in [5.41, 5.74) is 11.4. The molecule has 27 heavy (non-hydrogen) atoms. The second-order valence-electron chi connectivity index (χ2n) is 8.30. The lowest BCUT2D eigenvalue weighted by atomic mass is 9.82. The summed E-state index contributed by atoms with van der Waals surface area (Å²) in [5.74, 6) is 0. The molecular formula is C26H23N. The largest absolute Gasteiger partial charge is 0.248 e. The molecule has 0 spiro atoms. The van der Waals surface area contributed by atoms with E-state index in [1.165, 1.54) is 44.3 Å². The minimum atomic E-state index is 0.0342. The number of rotatable bonds is 1. The van der Waals surface area contributed by atoms with Crippen molar-refractivity contribution in [2.45, 2.75) is 33.1 Å². The van der Waals surface area contributed by atoms with Crippen LogP contribution < -0.4 is 0 Å². The van der Waals surface area contributed by atoms with E-state index in [2.05, 4.69) is 94.4 Å². The van der Waals surface area contributed by atoms with Gasteiger partial charge in [-0.1, -0.05) is 67.4 Å². The van der Waals surface area contributed by atoms with E-state index in [0.29, 0.717) is 0 Å². The predicted octanol–water partition coefficient (Wildman–Crippen LogP) is 6.82. The molecular weight excluding hydrogens is 326 g/mol. The minimum Gasteiger partial charge on any atom is -0.248 e. The molecule has 0 fully saturated rings. The Morgan fingerprint density at radius 1 is 0.741 bits per heavy atom. The maximum atomic E-state index is 5.03. The maximum absolute atomic E-state index is 5.03. The number of aromatic nitrogens is 1. The molecule has 3 aromatic carbocycles. The fraction of sp³-hybridized carbons (Fsp3) is 0.192. The second-order valence-corrected chi connectivity index (χ2v) is 8.30. The first kappa shape index (κ1) is 16.3. The van der Waals surface area contributed by atoms with Crippen molar-refractivity contribution in [1.29, 1.82) is 0 Å². The number of nitrogens with zero attached hydrogens (tertiary/aromatic N) is 1. The van der Waals surface area contributed by atoms with Crippen LogP contribution in [0.1, 0.15) is 36.1 Å². The van der Waals surface area contributed by atoms with Crippen LogP contribution in [0.5, 0.6) is 0 Å². The van der Waals surface area contributed by atoms with E-state index >= 15 is 0 Å². The molecule has 0 bridgehead atoms. The average molecular weight is 349 g/mol. The Kier molecular flexibility index (Phi) is 3.33. The molecule has 0 aliphatic heterocycles. The van der Waals surface area contributed by atoms with Crippen molar-refractivity contribution in [3.05, 3.63) is 89.0 Å². The minimum absolute atomic E-state index is 0.0342. The van der Waals surface area contributed by atoms with Crippen LogP contribution in [0.2, 0.25) is 0 Å². The van der Waals surface area contributed by atoms with Gasteiger partial charge >= 0.3 is 0 Å². The zero-order chi connectivity index (χ0) is 18.8. The van der Waals surface area contributed by atoms with Crippen molar-refractivity contribution in [3.8, 4) is 22.4 Å². The molecule has 0 saturated carbocycles. The van der Waals surface area contributed by atoms with Crippen LogP contribution in [-0.4, -0.2) is 4.98 Å². The average Bonchev–Trinajstić information content (AvgIpc) is 2.88. The first-order valence-corrected chi connectivity index (χ1v) is 9.58. The highest BCUT2D eigenvalue weighted by molar-refractivity contribution is 6.01. The van der Waals surface area contributed by atoms with E-state index in [-0.39, 0.29) is 5.41 Å². The first-order chi connectivity index (χ1) is 12.9. The molecule has 1 heterocycles. The van der Waals surface area contributed by atoms with Crippen molar-refractivity contribution in [2.75, 3.05) is 0 Å². The maximum Gasteiger partial charge on any atom is 0.0715 e. The molecule has 0 unspecified atom stereocenters. The fourth-order valence-corrected chi connectivity index (χ4v) is 4.69. The quantitative estimate of drug-likeness (QED) is 0.367. The van der Waals surface area contributed by atoms with Gasteiger partial charge in [0.25, 0.3) is 0 Å². The molecule has 0 radical (unpaired) electrons. The summed E-state index contributed by atoms with van der Waals surface area (Å²) < 4.78 is 0. The highest BCUT2D eigenvalue weighted by Crippen LogP contribution is 2.50. The molecule has 1 aliphatic carbocycles. The number of pyridine rings is 1. The van der Waals surface area contributed by atoms with Crippen molar-refractivity contribution < 1.29 is 0 Å². The summed E-state index contributed by atoms with van der Waals surface area (Å²) in [4.78, 5) is 5.03. The van der Waals surface area contributed by atoms with Crippen molar-refractivity contribution in [2.24, 2.45) is 0 Å². The van der Waals surface area contributed by atoms with Gasteiger partial charge in [-0.2, -0.15) is 0 Å². The molecule has 1 aliphatic rings. The van der Waals surface area contributed by atoms with Crippen LogP contribution >= 0.6 is 0 Å². The first-order valence-electron chi connectivity index (χ1n) is 9.58. The molecule has 0 amide bonds. The van der Waals surface area contributed by atoms with E-state index in [1.54, 1.807) is 0 Å². The smallest absolute Gasteiger partial charge is 0.0715 e. The molecule has 1 aromatic heterocycles. The molecule has 5 rings (SSSR count). The summed E-state index contributed by atoms with van der Waals surface area (Å²) in [6.07, 6.45) is 0. The van der Waals surface area contributed by atoms with E-state index in [0.717, 1.165) is 11.2 Å². The summed E-state index contributed by atoms with van der Waals surface area (Å²) in [7, 11) is 0. The monoisotopic (exact) mass is 349 g/mol. The summed E-state index contributed by atoms with van der Waals surface area (Å²) >= 11 is 0. The SMILES string of the molecule is Cc1cc(C)cc(-c2ccc3c4c(ccc3n2)C(C)(C)c2ccccc2-4)c1. The van der Waals surface area contributed by atoms with Crippen LogP contribution in [-0.2, 0) is 5.41 Å². The zero-order valence-corrected chi connectivity index (χ0v) is 16.3. The fourth-order valence-electron chi connectivity index (χ4n) is 4.69. The normalized spacial score (nSPS) is 14.2. The Balaban J connectivity index is 1.76. The topological polar surface area (TPSA) is 12.9 Å². The van der Waals surface area contributed by atoms with Crippen LogP contribution in [0.3, 0.4) is 0 Å². The standard InChI is InChI=1S/C26H23N/c1-16-13-17(2)15-18(14-16)23-11-9-20-24(27-23)12-10-22-25(20)19-7-5-6-8-21(19)26(22,3)4/h5-15H,1-4H3. The van der Waals surface area contributed by atoms with Gasteiger partial charge in [-0.05, 0) is 60.4 Å². The number of hydrogen-bond acceptors (Lipinski definition) is 1. The van der Waals surface area contributed by atoms with Crippen LogP contribution in [0.4, 0.5) is 0 Å². The van der Waals surface area contributed by atoms with Gasteiger partial charge in [0.1, 0.15) is 0 Å².